The molecule has 1 aliphatic heterocycles. The lowest BCUT2D eigenvalue weighted by atomic mass is 9.93. The number of nitrogens with two attached hydrogens (primary N) is 1. The third kappa shape index (κ3) is 3.15. The van der Waals surface area contributed by atoms with E-state index < -0.39 is 0 Å². The second-order valence-electron chi connectivity index (χ2n) is 5.78. The number of methoxy groups -OCH3 is 3. The Kier molecular flexibility index (Phi) is 5.08. The van der Waals surface area contributed by atoms with E-state index in [4.69, 9.17) is 19.9 Å². The molecule has 0 aromatic heterocycles. The lowest BCUT2D eigenvalue weighted by molar-refractivity contribution is 0.0182. The molecule has 1 atom stereocenters. The summed E-state index contributed by atoms with van der Waals surface area (Å²) in [6, 6.07) is 4.16. The van der Waals surface area contributed by atoms with Crippen molar-refractivity contribution in [3.8, 4) is 11.5 Å². The van der Waals surface area contributed by atoms with Gasteiger partial charge in [-0.1, -0.05) is 0 Å². The van der Waals surface area contributed by atoms with E-state index in [9.17, 15) is 0 Å². The molecule has 1 aromatic rings. The van der Waals surface area contributed by atoms with Gasteiger partial charge in [-0.2, -0.15) is 0 Å². The fourth-order valence-corrected chi connectivity index (χ4v) is 2.93. The van der Waals surface area contributed by atoms with E-state index in [0.717, 1.165) is 31.0 Å². The summed E-state index contributed by atoms with van der Waals surface area (Å²) in [4.78, 5) is 2.39. The van der Waals surface area contributed by atoms with Gasteiger partial charge in [0, 0.05) is 26.7 Å². The first-order valence-corrected chi connectivity index (χ1v) is 7.25. The Hall–Kier alpha value is -1.30. The monoisotopic (exact) mass is 294 g/mol. The van der Waals surface area contributed by atoms with Crippen LogP contribution in [0.2, 0.25) is 0 Å². The van der Waals surface area contributed by atoms with Crippen molar-refractivity contribution in [1.29, 1.82) is 0 Å². The Morgan fingerprint density at radius 2 is 1.76 bits per heavy atom. The molecule has 1 unspecified atom stereocenters. The van der Waals surface area contributed by atoms with Crippen molar-refractivity contribution < 1.29 is 14.2 Å². The van der Waals surface area contributed by atoms with Gasteiger partial charge >= 0.3 is 0 Å². The minimum atomic E-state index is -0.139. The molecule has 5 nitrogen and oxygen atoms in total. The highest BCUT2D eigenvalue weighted by Gasteiger charge is 2.33. The fraction of sp³-hybridized carbons (Fsp3) is 0.625. The molecule has 2 rings (SSSR count). The number of hydrogen-bond acceptors (Lipinski definition) is 5. The Labute approximate surface area is 127 Å². The van der Waals surface area contributed by atoms with Gasteiger partial charge in [0.2, 0.25) is 0 Å². The van der Waals surface area contributed by atoms with Gasteiger partial charge in [-0.15, -0.1) is 0 Å². The number of ether oxygens (including phenoxy) is 3. The molecular weight excluding hydrogens is 268 g/mol. The predicted molar refractivity (Wildman–Crippen MR) is 83.0 cm³/mol. The highest BCUT2D eigenvalue weighted by atomic mass is 16.5. The smallest absolute Gasteiger partial charge is 0.161 e. The van der Waals surface area contributed by atoms with Crippen LogP contribution in [0.3, 0.4) is 0 Å². The van der Waals surface area contributed by atoms with Crippen molar-refractivity contribution in [2.24, 2.45) is 5.73 Å². The molecule has 5 heteroatoms. The van der Waals surface area contributed by atoms with Gasteiger partial charge in [-0.3, -0.25) is 4.90 Å². The molecule has 0 fully saturated rings. The number of benzene rings is 1. The minimum absolute atomic E-state index is 0.139. The number of hydrogen-bond donors (Lipinski definition) is 1. The van der Waals surface area contributed by atoms with E-state index >= 15 is 0 Å². The van der Waals surface area contributed by atoms with Gasteiger partial charge in [0.25, 0.3) is 0 Å². The molecule has 118 valence electrons. The van der Waals surface area contributed by atoms with E-state index in [0.29, 0.717) is 13.2 Å². The Morgan fingerprint density at radius 3 is 2.29 bits per heavy atom. The van der Waals surface area contributed by atoms with Crippen LogP contribution in [0.5, 0.6) is 11.5 Å². The van der Waals surface area contributed by atoms with Crippen molar-refractivity contribution in [2.75, 3.05) is 41.0 Å². The summed E-state index contributed by atoms with van der Waals surface area (Å²) in [7, 11) is 5.06. The van der Waals surface area contributed by atoms with Crippen molar-refractivity contribution in [3.63, 3.8) is 0 Å². The first-order chi connectivity index (χ1) is 10.1. The number of fused-ring (bicyclic) bond motifs is 1. The maximum absolute atomic E-state index is 5.98. The molecule has 2 N–H and O–H groups in total. The maximum Gasteiger partial charge on any atom is 0.161 e. The first kappa shape index (κ1) is 16.1. The molecule has 0 radical (unpaired) electrons. The van der Waals surface area contributed by atoms with E-state index in [1.165, 1.54) is 11.1 Å². The van der Waals surface area contributed by atoms with Gasteiger partial charge in [0.15, 0.2) is 11.5 Å². The largest absolute Gasteiger partial charge is 0.493 e. The van der Waals surface area contributed by atoms with Crippen molar-refractivity contribution in [1.82, 2.24) is 4.90 Å². The number of nitrogens with zero attached hydrogens (tertiary/aromatic N) is 1. The average molecular weight is 294 g/mol. The second kappa shape index (κ2) is 6.64. The third-order valence-electron chi connectivity index (χ3n) is 4.38. The molecular formula is C16H26N2O3. The summed E-state index contributed by atoms with van der Waals surface area (Å²) in [5.74, 6) is 1.57. The molecule has 0 spiro atoms. The van der Waals surface area contributed by atoms with Crippen molar-refractivity contribution in [3.05, 3.63) is 23.3 Å². The molecule has 1 heterocycles. The zero-order chi connectivity index (χ0) is 15.5. The topological polar surface area (TPSA) is 57.0 Å². The van der Waals surface area contributed by atoms with E-state index in [1.54, 1.807) is 21.3 Å². The average Bonchev–Trinajstić information content (AvgIpc) is 2.52. The van der Waals surface area contributed by atoms with Crippen LogP contribution >= 0.6 is 0 Å². The highest BCUT2D eigenvalue weighted by molar-refractivity contribution is 5.48. The maximum atomic E-state index is 5.98. The van der Waals surface area contributed by atoms with Crippen molar-refractivity contribution in [2.45, 2.75) is 25.4 Å². The second-order valence-corrected chi connectivity index (χ2v) is 5.78. The van der Waals surface area contributed by atoms with Crippen LogP contribution in [-0.4, -0.2) is 51.5 Å². The van der Waals surface area contributed by atoms with E-state index in [-0.39, 0.29) is 5.54 Å². The summed E-state index contributed by atoms with van der Waals surface area (Å²) in [5, 5.41) is 0. The highest BCUT2D eigenvalue weighted by Crippen LogP contribution is 2.34. The molecule has 0 bridgehead atoms. The minimum Gasteiger partial charge on any atom is -0.493 e. The van der Waals surface area contributed by atoms with Gasteiger partial charge < -0.3 is 19.9 Å². The summed E-state index contributed by atoms with van der Waals surface area (Å²) >= 11 is 0. The molecule has 0 saturated heterocycles. The van der Waals surface area contributed by atoms with Crippen LogP contribution in [0, 0.1) is 0 Å². The summed E-state index contributed by atoms with van der Waals surface area (Å²) in [6.07, 6.45) is 0.981. The molecule has 0 amide bonds. The summed E-state index contributed by atoms with van der Waals surface area (Å²) < 4.78 is 16.1. The molecule has 21 heavy (non-hydrogen) atoms. The van der Waals surface area contributed by atoms with Crippen LogP contribution < -0.4 is 15.2 Å². The lowest BCUT2D eigenvalue weighted by Crippen LogP contribution is -2.56. The van der Waals surface area contributed by atoms with Crippen LogP contribution in [0.1, 0.15) is 18.1 Å². The standard InChI is InChI=1S/C16H26N2O3/c1-16(10-17,11-19-2)18-6-5-12-7-14(20-3)15(21-4)8-13(12)9-18/h7-8H,5-6,9-11,17H2,1-4H3. The number of rotatable bonds is 6. The fourth-order valence-electron chi connectivity index (χ4n) is 2.93. The van der Waals surface area contributed by atoms with Gasteiger partial charge in [-0.05, 0) is 36.6 Å². The van der Waals surface area contributed by atoms with Gasteiger partial charge in [-0.25, -0.2) is 0 Å². The van der Waals surface area contributed by atoms with Crippen molar-refractivity contribution >= 4 is 0 Å². The molecule has 0 aliphatic carbocycles. The van der Waals surface area contributed by atoms with Crippen LogP contribution in [-0.2, 0) is 17.7 Å². The molecule has 1 aromatic carbocycles. The van der Waals surface area contributed by atoms with E-state index in [1.807, 2.05) is 0 Å². The van der Waals surface area contributed by atoms with Gasteiger partial charge in [0.1, 0.15) is 0 Å². The Balaban J connectivity index is 2.27. The van der Waals surface area contributed by atoms with Crippen LogP contribution in [0.15, 0.2) is 12.1 Å². The summed E-state index contributed by atoms with van der Waals surface area (Å²) in [5.41, 5.74) is 8.43. The zero-order valence-electron chi connectivity index (χ0n) is 13.4. The Morgan fingerprint density at radius 1 is 1.14 bits per heavy atom. The Bertz CT molecular complexity index is 493. The normalized spacial score (nSPS) is 18.0. The predicted octanol–water partition coefficient (Wildman–Crippen LogP) is 1.43. The SMILES string of the molecule is COCC(C)(CN)N1CCc2cc(OC)c(OC)cc2C1. The quantitative estimate of drug-likeness (QED) is 0.860. The summed E-state index contributed by atoms with van der Waals surface area (Å²) in [6.45, 7) is 5.18. The zero-order valence-corrected chi connectivity index (χ0v) is 13.4. The van der Waals surface area contributed by atoms with Crippen LogP contribution in [0.4, 0.5) is 0 Å². The molecule has 0 saturated carbocycles. The van der Waals surface area contributed by atoms with Crippen LogP contribution in [0.25, 0.3) is 0 Å². The van der Waals surface area contributed by atoms with Gasteiger partial charge in [0.05, 0.1) is 26.4 Å². The molecule has 1 aliphatic rings. The lowest BCUT2D eigenvalue weighted by Gasteiger charge is -2.43. The first-order valence-electron chi connectivity index (χ1n) is 7.25. The van der Waals surface area contributed by atoms with E-state index in [2.05, 4.69) is 24.0 Å². The third-order valence-corrected chi connectivity index (χ3v) is 4.38.